The largest absolute Gasteiger partial charge is 0.336 e. The first-order chi connectivity index (χ1) is 14.8. The van der Waals surface area contributed by atoms with E-state index in [1.807, 2.05) is 43.3 Å². The second-order valence-corrected chi connectivity index (χ2v) is 7.96. The third-order valence-electron chi connectivity index (χ3n) is 4.64. The lowest BCUT2D eigenvalue weighted by Crippen LogP contribution is -2.36. The van der Waals surface area contributed by atoms with Gasteiger partial charge in [0.05, 0.1) is 19.0 Å². The number of likely N-dealkylation sites (N-methyl/N-ethyl adjacent to an activating group) is 1. The highest BCUT2D eigenvalue weighted by molar-refractivity contribution is 9.10. The lowest BCUT2D eigenvalue weighted by Gasteiger charge is -2.22. The first-order valence-corrected chi connectivity index (χ1v) is 10.6. The number of carbonyl (C=O) groups excluding carboxylic acids is 3. The summed E-state index contributed by atoms with van der Waals surface area (Å²) in [5.41, 5.74) is 2.27. The second-order valence-electron chi connectivity index (χ2n) is 7.05. The maximum absolute atomic E-state index is 12.7. The average molecular weight is 485 g/mol. The Morgan fingerprint density at radius 2 is 1.74 bits per heavy atom. The number of anilines is 2. The average Bonchev–Trinajstić information content (AvgIpc) is 2.75. The summed E-state index contributed by atoms with van der Waals surface area (Å²) in [4.78, 5) is 40.2. The number of amides is 3. The molecule has 0 heterocycles. The fraction of sp³-hybridized carbons (Fsp3) is 0.304. The molecule has 0 aliphatic rings. The van der Waals surface area contributed by atoms with Gasteiger partial charge in [-0.15, -0.1) is 0 Å². The molecule has 0 radical (unpaired) electrons. The Labute approximate surface area is 190 Å². The van der Waals surface area contributed by atoms with Crippen LogP contribution in [0.5, 0.6) is 0 Å². The van der Waals surface area contributed by atoms with Gasteiger partial charge in [-0.25, -0.2) is 0 Å². The summed E-state index contributed by atoms with van der Waals surface area (Å²) in [7, 11) is 1.53. The minimum atomic E-state index is -0.312. The second kappa shape index (κ2) is 11.9. The number of nitriles is 1. The number of benzene rings is 2. The zero-order chi connectivity index (χ0) is 22.8. The van der Waals surface area contributed by atoms with Crippen LogP contribution in [-0.2, 0) is 14.4 Å². The van der Waals surface area contributed by atoms with Crippen LogP contribution in [0, 0.1) is 18.3 Å². The Morgan fingerprint density at radius 3 is 2.39 bits per heavy atom. The van der Waals surface area contributed by atoms with Crippen LogP contribution in [0.15, 0.2) is 53.0 Å². The molecule has 8 heteroatoms. The van der Waals surface area contributed by atoms with Crippen molar-refractivity contribution in [3.63, 3.8) is 0 Å². The smallest absolute Gasteiger partial charge is 0.243 e. The quantitative estimate of drug-likeness (QED) is 0.584. The maximum Gasteiger partial charge on any atom is 0.243 e. The molecule has 0 fully saturated rings. The van der Waals surface area contributed by atoms with Gasteiger partial charge in [0.1, 0.15) is 0 Å². The summed E-state index contributed by atoms with van der Waals surface area (Å²) in [6, 6.07) is 16.6. The van der Waals surface area contributed by atoms with Crippen LogP contribution in [0.4, 0.5) is 11.4 Å². The number of hydrogen-bond donors (Lipinski definition) is 1. The van der Waals surface area contributed by atoms with Gasteiger partial charge in [-0.05, 0) is 42.8 Å². The van der Waals surface area contributed by atoms with Crippen LogP contribution in [0.3, 0.4) is 0 Å². The minimum Gasteiger partial charge on any atom is -0.336 e. The molecule has 0 saturated heterocycles. The molecular weight excluding hydrogens is 460 g/mol. The number of rotatable bonds is 9. The van der Waals surface area contributed by atoms with Crippen molar-refractivity contribution in [1.29, 1.82) is 5.26 Å². The summed E-state index contributed by atoms with van der Waals surface area (Å²) in [5.74, 6) is -0.852. The van der Waals surface area contributed by atoms with Crippen LogP contribution >= 0.6 is 15.9 Å². The van der Waals surface area contributed by atoms with Crippen molar-refractivity contribution < 1.29 is 14.4 Å². The molecule has 0 unspecified atom stereocenters. The third-order valence-corrected chi connectivity index (χ3v) is 5.13. The monoisotopic (exact) mass is 484 g/mol. The molecule has 162 valence electrons. The van der Waals surface area contributed by atoms with Crippen LogP contribution in [0.1, 0.15) is 24.8 Å². The molecule has 0 bridgehead atoms. The fourth-order valence-electron chi connectivity index (χ4n) is 2.97. The van der Waals surface area contributed by atoms with Gasteiger partial charge in [0.15, 0.2) is 0 Å². The van der Waals surface area contributed by atoms with E-state index in [-0.39, 0.29) is 50.1 Å². The lowest BCUT2D eigenvalue weighted by molar-refractivity contribution is -0.134. The Balaban J connectivity index is 1.89. The molecule has 2 aromatic rings. The predicted molar refractivity (Wildman–Crippen MR) is 123 cm³/mol. The van der Waals surface area contributed by atoms with Crippen molar-refractivity contribution in [3.8, 4) is 6.07 Å². The molecule has 0 spiro atoms. The van der Waals surface area contributed by atoms with E-state index in [0.29, 0.717) is 11.4 Å². The van der Waals surface area contributed by atoms with Gasteiger partial charge >= 0.3 is 0 Å². The number of nitrogens with one attached hydrogen (secondary N) is 1. The molecule has 0 aromatic heterocycles. The standard InChI is InChI=1S/C23H25BrN4O3/c1-17-15-18(24)9-10-20(17)26-21(29)16-27(2)22(30)11-12-23(31)28(14-6-13-25)19-7-4-3-5-8-19/h3-5,7-10,15H,6,11-12,14,16H2,1-2H3,(H,26,29). The SMILES string of the molecule is Cc1cc(Br)ccc1NC(=O)CN(C)C(=O)CCC(=O)N(CCC#N)c1ccccc1. The summed E-state index contributed by atoms with van der Waals surface area (Å²) >= 11 is 3.38. The van der Waals surface area contributed by atoms with E-state index in [0.717, 1.165) is 10.0 Å². The van der Waals surface area contributed by atoms with Gasteiger partial charge in [-0.2, -0.15) is 5.26 Å². The molecule has 0 aliphatic carbocycles. The van der Waals surface area contributed by atoms with E-state index < -0.39 is 0 Å². The summed E-state index contributed by atoms with van der Waals surface area (Å²) < 4.78 is 0.916. The molecule has 0 atom stereocenters. The Hall–Kier alpha value is -3.18. The summed E-state index contributed by atoms with van der Waals surface area (Å²) in [6.07, 6.45) is 0.177. The normalized spacial score (nSPS) is 10.1. The van der Waals surface area contributed by atoms with Crippen molar-refractivity contribution >= 4 is 45.0 Å². The Morgan fingerprint density at radius 1 is 1.06 bits per heavy atom. The van der Waals surface area contributed by atoms with Gasteiger partial charge < -0.3 is 15.1 Å². The zero-order valence-electron chi connectivity index (χ0n) is 17.6. The van der Waals surface area contributed by atoms with E-state index in [2.05, 4.69) is 21.2 Å². The van der Waals surface area contributed by atoms with Crippen LogP contribution in [0.25, 0.3) is 0 Å². The predicted octanol–water partition coefficient (Wildman–Crippen LogP) is 3.88. The number of carbonyl (C=O) groups is 3. The van der Waals surface area contributed by atoms with E-state index in [9.17, 15) is 14.4 Å². The number of aryl methyl sites for hydroxylation is 1. The molecule has 0 saturated carbocycles. The van der Waals surface area contributed by atoms with Crippen LogP contribution in [-0.4, -0.2) is 42.8 Å². The number of halogens is 1. The van der Waals surface area contributed by atoms with E-state index in [1.165, 1.54) is 16.8 Å². The van der Waals surface area contributed by atoms with Crippen molar-refractivity contribution in [2.24, 2.45) is 0 Å². The summed E-state index contributed by atoms with van der Waals surface area (Å²) in [5, 5.41) is 11.7. The molecule has 7 nitrogen and oxygen atoms in total. The van der Waals surface area contributed by atoms with E-state index in [1.54, 1.807) is 18.2 Å². The van der Waals surface area contributed by atoms with E-state index in [4.69, 9.17) is 5.26 Å². The molecule has 1 N–H and O–H groups in total. The molecule has 2 rings (SSSR count). The van der Waals surface area contributed by atoms with Gasteiger partial charge in [0, 0.05) is 42.3 Å². The first-order valence-electron chi connectivity index (χ1n) is 9.84. The zero-order valence-corrected chi connectivity index (χ0v) is 19.2. The van der Waals surface area contributed by atoms with Gasteiger partial charge in [0.2, 0.25) is 17.7 Å². The highest BCUT2D eigenvalue weighted by Gasteiger charge is 2.19. The van der Waals surface area contributed by atoms with Gasteiger partial charge in [-0.3, -0.25) is 14.4 Å². The van der Waals surface area contributed by atoms with Crippen LogP contribution < -0.4 is 10.2 Å². The van der Waals surface area contributed by atoms with E-state index >= 15 is 0 Å². The molecular formula is C23H25BrN4O3. The number of hydrogen-bond acceptors (Lipinski definition) is 4. The third kappa shape index (κ3) is 7.54. The molecule has 2 aromatic carbocycles. The molecule has 0 aliphatic heterocycles. The first kappa shape index (κ1) is 24.1. The van der Waals surface area contributed by atoms with Gasteiger partial charge in [-0.1, -0.05) is 34.1 Å². The van der Waals surface area contributed by atoms with Crippen molar-refractivity contribution in [1.82, 2.24) is 4.90 Å². The van der Waals surface area contributed by atoms with Crippen molar-refractivity contribution in [2.45, 2.75) is 26.2 Å². The maximum atomic E-state index is 12.7. The van der Waals surface area contributed by atoms with Crippen LogP contribution in [0.2, 0.25) is 0 Å². The highest BCUT2D eigenvalue weighted by atomic mass is 79.9. The van der Waals surface area contributed by atoms with Crippen molar-refractivity contribution in [3.05, 3.63) is 58.6 Å². The van der Waals surface area contributed by atoms with Gasteiger partial charge in [0.25, 0.3) is 0 Å². The topological polar surface area (TPSA) is 93.5 Å². The van der Waals surface area contributed by atoms with Crippen molar-refractivity contribution in [2.75, 3.05) is 30.4 Å². The summed E-state index contributed by atoms with van der Waals surface area (Å²) in [6.45, 7) is 2.03. The fourth-order valence-corrected chi connectivity index (χ4v) is 3.44. The number of nitrogens with zero attached hydrogens (tertiary/aromatic N) is 3. The lowest BCUT2D eigenvalue weighted by atomic mass is 10.2. The molecule has 3 amide bonds. The number of para-hydroxylation sites is 1. The molecule has 31 heavy (non-hydrogen) atoms. The Bertz CT molecular complexity index is 973. The highest BCUT2D eigenvalue weighted by Crippen LogP contribution is 2.20. The Kier molecular flexibility index (Phi) is 9.22. The minimum absolute atomic E-state index is 0.00304.